The number of aromatic amines is 2. The molecule has 182 valence electrons. The van der Waals surface area contributed by atoms with E-state index >= 15 is 0 Å². The number of aromatic nitrogens is 8. The van der Waals surface area contributed by atoms with Crippen LogP contribution in [-0.2, 0) is 6.54 Å². The van der Waals surface area contributed by atoms with Gasteiger partial charge in [-0.2, -0.15) is 5.10 Å². The monoisotopic (exact) mass is 479 g/mol. The van der Waals surface area contributed by atoms with Gasteiger partial charge in [-0.25, -0.2) is 15.0 Å². The molecular weight excluding hydrogens is 450 g/mol. The molecule has 0 saturated heterocycles. The van der Waals surface area contributed by atoms with Crippen LogP contribution >= 0.6 is 0 Å². The lowest BCUT2D eigenvalue weighted by Crippen LogP contribution is -2.10. The molecule has 36 heavy (non-hydrogen) atoms. The Bertz CT molecular complexity index is 1580. The van der Waals surface area contributed by atoms with E-state index in [1.807, 2.05) is 88.4 Å². The quantitative estimate of drug-likeness (QED) is 0.327. The maximum absolute atomic E-state index is 4.95. The molecule has 0 atom stereocenters. The second-order valence-electron chi connectivity index (χ2n) is 9.04. The summed E-state index contributed by atoms with van der Waals surface area (Å²) in [5.74, 6) is 0.654. The molecule has 0 spiro atoms. The van der Waals surface area contributed by atoms with Crippen molar-refractivity contribution in [2.75, 3.05) is 14.1 Å². The number of nitrogens with zero attached hydrogens (tertiary/aromatic N) is 7. The van der Waals surface area contributed by atoms with Gasteiger partial charge < -0.3 is 14.5 Å². The molecule has 0 amide bonds. The molecular formula is C27H29N9. The van der Waals surface area contributed by atoms with Gasteiger partial charge in [-0.05, 0) is 64.7 Å². The molecule has 5 aromatic heterocycles. The summed E-state index contributed by atoms with van der Waals surface area (Å²) in [6.07, 6.45) is 13.5. The summed E-state index contributed by atoms with van der Waals surface area (Å²) in [7, 11) is 4.09. The molecule has 0 radical (unpaired) electrons. The van der Waals surface area contributed by atoms with Crippen molar-refractivity contribution >= 4 is 16.7 Å². The van der Waals surface area contributed by atoms with Gasteiger partial charge in [0.1, 0.15) is 11.2 Å². The summed E-state index contributed by atoms with van der Waals surface area (Å²) < 4.78 is 1.98. The Labute approximate surface area is 209 Å². The van der Waals surface area contributed by atoms with Gasteiger partial charge in [0.15, 0.2) is 11.5 Å². The van der Waals surface area contributed by atoms with Crippen molar-refractivity contribution in [2.24, 2.45) is 0 Å². The number of hydrogen-bond donors (Lipinski definition) is 2. The molecule has 5 rings (SSSR count). The zero-order chi connectivity index (χ0) is 25.2. The summed E-state index contributed by atoms with van der Waals surface area (Å²) in [6, 6.07) is 6.11. The largest absolute Gasteiger partial charge is 0.340 e. The average molecular weight is 480 g/mol. The average Bonchev–Trinajstić information content (AvgIpc) is 3.57. The van der Waals surface area contributed by atoms with E-state index in [1.165, 1.54) is 0 Å². The predicted molar refractivity (Wildman–Crippen MR) is 142 cm³/mol. The highest BCUT2D eigenvalue weighted by Gasteiger charge is 2.19. The molecule has 5 heterocycles. The Morgan fingerprint density at radius 3 is 2.75 bits per heavy atom. The molecule has 0 aliphatic heterocycles. The molecule has 0 aliphatic rings. The molecule has 2 N–H and O–H groups in total. The van der Waals surface area contributed by atoms with Gasteiger partial charge in [-0.15, -0.1) is 0 Å². The van der Waals surface area contributed by atoms with Crippen molar-refractivity contribution in [3.63, 3.8) is 0 Å². The summed E-state index contributed by atoms with van der Waals surface area (Å²) in [5, 5.41) is 7.65. The summed E-state index contributed by atoms with van der Waals surface area (Å²) in [4.78, 5) is 24.2. The van der Waals surface area contributed by atoms with Gasteiger partial charge >= 0.3 is 0 Å². The van der Waals surface area contributed by atoms with Crippen molar-refractivity contribution in [2.45, 2.75) is 27.3 Å². The van der Waals surface area contributed by atoms with Crippen LogP contribution in [0.3, 0.4) is 0 Å². The minimum absolute atomic E-state index is 0.654. The van der Waals surface area contributed by atoms with Crippen molar-refractivity contribution in [1.82, 2.24) is 44.6 Å². The van der Waals surface area contributed by atoms with Gasteiger partial charge in [0.05, 0.1) is 28.9 Å². The highest BCUT2D eigenvalue weighted by molar-refractivity contribution is 5.89. The van der Waals surface area contributed by atoms with Crippen LogP contribution in [0.4, 0.5) is 0 Å². The van der Waals surface area contributed by atoms with E-state index in [0.717, 1.165) is 57.2 Å². The predicted octanol–water partition coefficient (Wildman–Crippen LogP) is 4.75. The smallest absolute Gasteiger partial charge is 0.161 e. The standard InChI is InChI=1S/C27H29N9/c1-6-7-8-23(36-14-17(2)29-16-36)24-18(3)30-27(32-24)26-25-22(33-34-26)10-9-21(31-25)20-11-19(12-28-13-20)15-35(4)5/h6-14,16H,15H2,1-5H3,(H,30,32)(H,33,34)/b7-6-,23-8+. The van der Waals surface area contributed by atoms with Crippen molar-refractivity contribution < 1.29 is 0 Å². The molecule has 0 unspecified atom stereocenters. The zero-order valence-electron chi connectivity index (χ0n) is 21.1. The first-order chi connectivity index (χ1) is 17.4. The van der Waals surface area contributed by atoms with Crippen LogP contribution in [0.5, 0.6) is 0 Å². The fraction of sp³-hybridized carbons (Fsp3) is 0.222. The SMILES string of the molecule is C/C=C\C=C(/c1nc(-c2n[nH]c3ccc(-c4cncc(CN(C)C)c4)nc23)[nH]c1C)n1cnc(C)c1. The van der Waals surface area contributed by atoms with Gasteiger partial charge in [-0.1, -0.05) is 12.2 Å². The summed E-state index contributed by atoms with van der Waals surface area (Å²) >= 11 is 0. The Morgan fingerprint density at radius 1 is 1.14 bits per heavy atom. The van der Waals surface area contributed by atoms with Gasteiger partial charge in [-0.3, -0.25) is 10.1 Å². The third-order valence-corrected chi connectivity index (χ3v) is 5.79. The van der Waals surface area contributed by atoms with Crippen LogP contribution in [0.2, 0.25) is 0 Å². The fourth-order valence-electron chi connectivity index (χ4n) is 4.15. The second kappa shape index (κ2) is 9.71. The number of rotatable bonds is 7. The van der Waals surface area contributed by atoms with Crippen molar-refractivity contribution in [3.8, 4) is 22.8 Å². The fourth-order valence-corrected chi connectivity index (χ4v) is 4.15. The summed E-state index contributed by atoms with van der Waals surface area (Å²) in [5.41, 5.74) is 8.82. The van der Waals surface area contributed by atoms with E-state index in [1.54, 1.807) is 6.33 Å². The molecule has 0 aliphatic carbocycles. The van der Waals surface area contributed by atoms with Crippen LogP contribution in [0.15, 0.2) is 61.3 Å². The Kier molecular flexibility index (Phi) is 6.30. The number of imidazole rings is 2. The Morgan fingerprint density at radius 2 is 2.00 bits per heavy atom. The first-order valence-corrected chi connectivity index (χ1v) is 11.8. The molecule has 0 fully saturated rings. The lowest BCUT2D eigenvalue weighted by Gasteiger charge is -2.10. The minimum atomic E-state index is 0.654. The lowest BCUT2D eigenvalue weighted by atomic mass is 10.1. The summed E-state index contributed by atoms with van der Waals surface area (Å²) in [6.45, 7) is 6.78. The topological polar surface area (TPSA) is 104 Å². The molecule has 0 aromatic carbocycles. The van der Waals surface area contributed by atoms with E-state index in [4.69, 9.17) is 9.97 Å². The van der Waals surface area contributed by atoms with Crippen LogP contribution in [0.25, 0.3) is 39.5 Å². The third-order valence-electron chi connectivity index (χ3n) is 5.79. The highest BCUT2D eigenvalue weighted by Crippen LogP contribution is 2.29. The van der Waals surface area contributed by atoms with Crippen LogP contribution in [0.1, 0.15) is 29.6 Å². The Hall–Kier alpha value is -4.37. The minimum Gasteiger partial charge on any atom is -0.340 e. The first kappa shape index (κ1) is 23.4. The van der Waals surface area contributed by atoms with E-state index in [0.29, 0.717) is 11.5 Å². The molecule has 9 heteroatoms. The molecule has 5 aromatic rings. The van der Waals surface area contributed by atoms with Crippen LogP contribution in [0, 0.1) is 13.8 Å². The van der Waals surface area contributed by atoms with Crippen LogP contribution in [-0.4, -0.2) is 58.7 Å². The van der Waals surface area contributed by atoms with E-state index in [9.17, 15) is 0 Å². The maximum Gasteiger partial charge on any atom is 0.161 e. The highest BCUT2D eigenvalue weighted by atomic mass is 15.2. The van der Waals surface area contributed by atoms with Gasteiger partial charge in [0.25, 0.3) is 0 Å². The number of aryl methyl sites for hydroxylation is 2. The number of fused-ring (bicyclic) bond motifs is 1. The van der Waals surface area contributed by atoms with Crippen molar-refractivity contribution in [3.05, 3.63) is 84.0 Å². The first-order valence-electron chi connectivity index (χ1n) is 11.8. The molecule has 9 nitrogen and oxygen atoms in total. The van der Waals surface area contributed by atoms with Gasteiger partial charge in [0, 0.05) is 36.4 Å². The number of H-pyrrole nitrogens is 2. The van der Waals surface area contributed by atoms with E-state index in [2.05, 4.69) is 36.1 Å². The molecule has 0 bridgehead atoms. The second-order valence-corrected chi connectivity index (χ2v) is 9.04. The van der Waals surface area contributed by atoms with Crippen molar-refractivity contribution in [1.29, 1.82) is 0 Å². The normalized spacial score (nSPS) is 12.4. The van der Waals surface area contributed by atoms with Crippen LogP contribution < -0.4 is 0 Å². The number of allylic oxidation sites excluding steroid dienone is 3. The lowest BCUT2D eigenvalue weighted by molar-refractivity contribution is 0.402. The number of pyridine rings is 2. The Balaban J connectivity index is 1.57. The molecule has 0 saturated carbocycles. The van der Waals surface area contributed by atoms with E-state index < -0.39 is 0 Å². The zero-order valence-corrected chi connectivity index (χ0v) is 21.1. The third kappa shape index (κ3) is 4.60. The van der Waals surface area contributed by atoms with E-state index in [-0.39, 0.29) is 0 Å². The number of nitrogens with one attached hydrogen (secondary N) is 2. The maximum atomic E-state index is 4.95. The van der Waals surface area contributed by atoms with Gasteiger partial charge in [0.2, 0.25) is 0 Å². The number of hydrogen-bond acceptors (Lipinski definition) is 6.